The lowest BCUT2D eigenvalue weighted by Gasteiger charge is -2.14. The molecule has 3 rings (SSSR count). The number of nitrogens with zero attached hydrogens (tertiary/aromatic N) is 1. The molecule has 0 saturated carbocycles. The topological polar surface area (TPSA) is 66.8 Å². The molecule has 1 N–H and O–H groups in total. The monoisotopic (exact) mass is 409 g/mol. The van der Waals surface area contributed by atoms with Gasteiger partial charge in [0.1, 0.15) is 0 Å². The molecule has 0 aliphatic carbocycles. The number of benzene rings is 2. The lowest BCUT2D eigenvalue weighted by molar-refractivity contribution is -0.123. The third-order valence-electron chi connectivity index (χ3n) is 3.79. The van der Waals surface area contributed by atoms with Gasteiger partial charge in [0.15, 0.2) is 11.5 Å². The van der Waals surface area contributed by atoms with Crippen LogP contribution < -0.4 is 4.74 Å². The number of phenolic OH excluding ortho intramolecular Hbond substituents is 1. The third-order valence-corrected chi connectivity index (χ3v) is 5.40. The second kappa shape index (κ2) is 7.61. The van der Waals surface area contributed by atoms with E-state index in [-0.39, 0.29) is 22.9 Å². The zero-order valence-electron chi connectivity index (χ0n) is 13.5. The molecule has 1 heterocycles. The second-order valence-corrected chi connectivity index (χ2v) is 7.17. The Labute approximate surface area is 164 Å². The summed E-state index contributed by atoms with van der Waals surface area (Å²) >= 11 is 13.0. The number of thioether (sulfide) groups is 1. The van der Waals surface area contributed by atoms with Gasteiger partial charge in [0, 0.05) is 21.2 Å². The standard InChI is InChI=1S/C18H13Cl2NO4S/c1-25-14-7-2-4-10(16(14)22)8-15-17(23)21(18(24)26-15)9-11-12(19)5-3-6-13(11)20/h2-8,22H,9H2,1H3/b15-8-. The largest absolute Gasteiger partial charge is 0.504 e. The summed E-state index contributed by atoms with van der Waals surface area (Å²) < 4.78 is 5.05. The van der Waals surface area contributed by atoms with E-state index < -0.39 is 11.1 Å². The second-order valence-electron chi connectivity index (χ2n) is 5.37. The van der Waals surface area contributed by atoms with Crippen LogP contribution in [0.4, 0.5) is 4.79 Å². The predicted octanol–water partition coefficient (Wildman–Crippen LogP) is 4.94. The summed E-state index contributed by atoms with van der Waals surface area (Å²) in [7, 11) is 1.43. The van der Waals surface area contributed by atoms with Gasteiger partial charge < -0.3 is 9.84 Å². The Hall–Kier alpha value is -2.15. The summed E-state index contributed by atoms with van der Waals surface area (Å²) in [6.07, 6.45) is 1.46. The van der Waals surface area contributed by atoms with Crippen LogP contribution in [0.25, 0.3) is 6.08 Å². The minimum Gasteiger partial charge on any atom is -0.504 e. The number of hydrogen-bond acceptors (Lipinski definition) is 5. The highest BCUT2D eigenvalue weighted by atomic mass is 35.5. The van der Waals surface area contributed by atoms with Gasteiger partial charge in [0.05, 0.1) is 18.6 Å². The molecule has 0 aromatic heterocycles. The molecule has 2 aromatic rings. The molecule has 0 spiro atoms. The Morgan fingerprint density at radius 1 is 1.15 bits per heavy atom. The number of amides is 2. The van der Waals surface area contributed by atoms with Crippen molar-refractivity contribution in [1.82, 2.24) is 4.90 Å². The van der Waals surface area contributed by atoms with Crippen LogP contribution in [0, 0.1) is 0 Å². The van der Waals surface area contributed by atoms with Gasteiger partial charge in [-0.2, -0.15) is 0 Å². The molecule has 134 valence electrons. The highest BCUT2D eigenvalue weighted by molar-refractivity contribution is 8.18. The number of methoxy groups -OCH3 is 1. The number of rotatable bonds is 4. The van der Waals surface area contributed by atoms with E-state index in [2.05, 4.69) is 0 Å². The number of aromatic hydroxyl groups is 1. The van der Waals surface area contributed by atoms with E-state index in [0.717, 1.165) is 16.7 Å². The summed E-state index contributed by atoms with van der Waals surface area (Å²) in [6.45, 7) is -0.0232. The van der Waals surface area contributed by atoms with Crippen LogP contribution in [-0.4, -0.2) is 28.3 Å². The van der Waals surface area contributed by atoms with E-state index in [4.69, 9.17) is 27.9 Å². The number of para-hydroxylation sites is 1. The molecule has 1 saturated heterocycles. The minimum absolute atomic E-state index is 0.0232. The van der Waals surface area contributed by atoms with Gasteiger partial charge in [-0.3, -0.25) is 14.5 Å². The van der Waals surface area contributed by atoms with Crippen molar-refractivity contribution >= 4 is 52.2 Å². The number of imide groups is 1. The van der Waals surface area contributed by atoms with Crippen LogP contribution in [0.1, 0.15) is 11.1 Å². The van der Waals surface area contributed by atoms with Crippen molar-refractivity contribution in [2.45, 2.75) is 6.54 Å². The molecular weight excluding hydrogens is 397 g/mol. The summed E-state index contributed by atoms with van der Waals surface area (Å²) in [5.41, 5.74) is 0.884. The molecule has 0 atom stereocenters. The number of phenols is 1. The maximum absolute atomic E-state index is 12.6. The number of ether oxygens (including phenoxy) is 1. The number of carbonyl (C=O) groups is 2. The summed E-state index contributed by atoms with van der Waals surface area (Å²) in [6, 6.07) is 9.87. The van der Waals surface area contributed by atoms with Crippen LogP contribution in [0.2, 0.25) is 10.0 Å². The van der Waals surface area contributed by atoms with Crippen LogP contribution in [0.5, 0.6) is 11.5 Å². The van der Waals surface area contributed by atoms with Gasteiger partial charge in [-0.25, -0.2) is 0 Å². The summed E-state index contributed by atoms with van der Waals surface area (Å²) in [5.74, 6) is -0.296. The highest BCUT2D eigenvalue weighted by Crippen LogP contribution is 2.38. The third kappa shape index (κ3) is 3.53. The Kier molecular flexibility index (Phi) is 5.46. The smallest absolute Gasteiger partial charge is 0.293 e. The minimum atomic E-state index is -0.474. The van der Waals surface area contributed by atoms with Crippen LogP contribution in [0.15, 0.2) is 41.3 Å². The number of halogens is 2. The van der Waals surface area contributed by atoms with Crippen molar-refractivity contribution in [2.24, 2.45) is 0 Å². The average Bonchev–Trinajstić information content (AvgIpc) is 2.87. The molecule has 2 amide bonds. The molecule has 8 heteroatoms. The average molecular weight is 410 g/mol. The Balaban J connectivity index is 1.90. The Morgan fingerprint density at radius 3 is 2.46 bits per heavy atom. The maximum Gasteiger partial charge on any atom is 0.293 e. The van der Waals surface area contributed by atoms with E-state index in [9.17, 15) is 14.7 Å². The Bertz CT molecular complexity index is 909. The van der Waals surface area contributed by atoms with Gasteiger partial charge >= 0.3 is 0 Å². The summed E-state index contributed by atoms with van der Waals surface area (Å²) in [5, 5.41) is 10.5. The first-order valence-corrected chi connectivity index (χ1v) is 9.04. The quantitative estimate of drug-likeness (QED) is 0.723. The van der Waals surface area contributed by atoms with Crippen molar-refractivity contribution in [3.8, 4) is 11.5 Å². The number of hydrogen-bond donors (Lipinski definition) is 1. The van der Waals surface area contributed by atoms with Crippen LogP contribution in [-0.2, 0) is 11.3 Å². The fraction of sp³-hybridized carbons (Fsp3) is 0.111. The fourth-order valence-corrected chi connectivity index (χ4v) is 3.79. The molecule has 5 nitrogen and oxygen atoms in total. The van der Waals surface area contributed by atoms with E-state index in [0.29, 0.717) is 21.2 Å². The highest BCUT2D eigenvalue weighted by Gasteiger charge is 2.36. The predicted molar refractivity (Wildman–Crippen MR) is 103 cm³/mol. The molecule has 2 aromatic carbocycles. The van der Waals surface area contributed by atoms with Crippen molar-refractivity contribution in [3.05, 3.63) is 62.5 Å². The van der Waals surface area contributed by atoms with Crippen molar-refractivity contribution in [3.63, 3.8) is 0 Å². The molecule has 0 bridgehead atoms. The zero-order valence-corrected chi connectivity index (χ0v) is 15.9. The lowest BCUT2D eigenvalue weighted by atomic mass is 10.1. The molecule has 0 unspecified atom stereocenters. The van der Waals surface area contributed by atoms with Gasteiger partial charge in [-0.1, -0.05) is 41.4 Å². The molecule has 1 aliphatic heterocycles. The van der Waals surface area contributed by atoms with E-state index >= 15 is 0 Å². The summed E-state index contributed by atoms with van der Waals surface area (Å²) in [4.78, 5) is 26.2. The van der Waals surface area contributed by atoms with Crippen LogP contribution >= 0.6 is 35.0 Å². The fourth-order valence-electron chi connectivity index (χ4n) is 2.44. The lowest BCUT2D eigenvalue weighted by Crippen LogP contribution is -2.27. The van der Waals surface area contributed by atoms with Crippen molar-refractivity contribution in [2.75, 3.05) is 7.11 Å². The van der Waals surface area contributed by atoms with E-state index in [1.807, 2.05) is 0 Å². The molecule has 1 aliphatic rings. The molecule has 26 heavy (non-hydrogen) atoms. The molecule has 1 fully saturated rings. The maximum atomic E-state index is 12.6. The van der Waals surface area contributed by atoms with Crippen LogP contribution in [0.3, 0.4) is 0 Å². The van der Waals surface area contributed by atoms with E-state index in [1.165, 1.54) is 13.2 Å². The van der Waals surface area contributed by atoms with Gasteiger partial charge in [0.25, 0.3) is 11.1 Å². The van der Waals surface area contributed by atoms with Crippen molar-refractivity contribution < 1.29 is 19.4 Å². The first-order valence-electron chi connectivity index (χ1n) is 7.46. The van der Waals surface area contributed by atoms with Gasteiger partial charge in [-0.15, -0.1) is 0 Å². The first kappa shape index (κ1) is 18.6. The first-order chi connectivity index (χ1) is 12.4. The molecular formula is C18H13Cl2NO4S. The van der Waals surface area contributed by atoms with Crippen molar-refractivity contribution in [1.29, 1.82) is 0 Å². The van der Waals surface area contributed by atoms with Gasteiger partial charge in [0.2, 0.25) is 0 Å². The number of carbonyl (C=O) groups excluding carboxylic acids is 2. The van der Waals surface area contributed by atoms with Gasteiger partial charge in [-0.05, 0) is 36.0 Å². The molecule has 0 radical (unpaired) electrons. The van der Waals surface area contributed by atoms with E-state index in [1.54, 1.807) is 36.4 Å². The normalized spacial score (nSPS) is 15.8. The SMILES string of the molecule is COc1cccc(/C=C2\SC(=O)N(Cc3c(Cl)cccc3Cl)C2=O)c1O. The Morgan fingerprint density at radius 2 is 1.81 bits per heavy atom. The zero-order chi connectivity index (χ0) is 18.8.